The highest BCUT2D eigenvalue weighted by Gasteiger charge is 2.20. The molecule has 2 aromatic carbocycles. The number of urea groups is 1. The number of carbonyl (C=O) groups is 1. The number of carbonyl (C=O) groups excluding carboxylic acids is 1. The molecule has 2 aromatic rings. The van der Waals surface area contributed by atoms with Crippen LogP contribution in [0.4, 0.5) is 21.9 Å². The van der Waals surface area contributed by atoms with Crippen molar-refractivity contribution in [1.29, 1.82) is 0 Å². The Morgan fingerprint density at radius 3 is 2.36 bits per heavy atom. The van der Waals surface area contributed by atoms with Gasteiger partial charge in [0.1, 0.15) is 0 Å². The molecule has 0 aliphatic carbocycles. The van der Waals surface area contributed by atoms with E-state index in [2.05, 4.69) is 0 Å². The smallest absolute Gasteiger partial charge is 0.323 e. The lowest BCUT2D eigenvalue weighted by Crippen LogP contribution is -2.31. The molecule has 0 saturated heterocycles. The topological polar surface area (TPSA) is 89.5 Å². The van der Waals surface area contributed by atoms with Crippen LogP contribution in [0.25, 0.3) is 0 Å². The fraction of sp³-hybridized carbons (Fsp3) is 0.133. The van der Waals surface area contributed by atoms with Crippen LogP contribution in [0, 0.1) is 24.0 Å². The molecule has 6 nitrogen and oxygen atoms in total. The van der Waals surface area contributed by atoms with E-state index in [0.717, 1.165) is 11.1 Å². The maximum absolute atomic E-state index is 11.8. The third-order valence-electron chi connectivity index (χ3n) is 3.35. The summed E-state index contributed by atoms with van der Waals surface area (Å²) in [5.74, 6) is 0. The summed E-state index contributed by atoms with van der Waals surface area (Å²) in [7, 11) is 0. The number of hydrogen-bond donors (Lipinski definition) is 1. The minimum Gasteiger partial charge on any atom is -0.351 e. The van der Waals surface area contributed by atoms with Crippen molar-refractivity contribution in [3.05, 3.63) is 62.7 Å². The molecular weight excluding hydrogens is 306 g/mol. The molecule has 0 aromatic heterocycles. The molecule has 0 unspecified atom stereocenters. The first-order chi connectivity index (χ1) is 10.3. The van der Waals surface area contributed by atoms with Crippen molar-refractivity contribution in [3.8, 4) is 0 Å². The predicted molar refractivity (Wildman–Crippen MR) is 85.7 cm³/mol. The molecule has 114 valence electrons. The molecule has 0 fully saturated rings. The van der Waals surface area contributed by atoms with Crippen LogP contribution in [0.1, 0.15) is 11.1 Å². The van der Waals surface area contributed by atoms with Gasteiger partial charge >= 0.3 is 6.03 Å². The van der Waals surface area contributed by atoms with Crippen molar-refractivity contribution in [2.75, 3.05) is 4.90 Å². The lowest BCUT2D eigenvalue weighted by atomic mass is 10.1. The van der Waals surface area contributed by atoms with Gasteiger partial charge in [-0.25, -0.2) is 4.79 Å². The fourth-order valence-corrected chi connectivity index (χ4v) is 2.30. The Labute approximate surface area is 132 Å². The van der Waals surface area contributed by atoms with Crippen molar-refractivity contribution in [1.82, 2.24) is 0 Å². The average Bonchev–Trinajstić information content (AvgIpc) is 2.44. The fourth-order valence-electron chi connectivity index (χ4n) is 2.04. The quantitative estimate of drug-likeness (QED) is 0.682. The zero-order chi connectivity index (χ0) is 16.4. The zero-order valence-corrected chi connectivity index (χ0v) is 12.8. The third-order valence-corrected chi connectivity index (χ3v) is 3.65. The Hall–Kier alpha value is -2.60. The minimum absolute atomic E-state index is 0.0752. The van der Waals surface area contributed by atoms with Gasteiger partial charge in [0.2, 0.25) is 0 Å². The second kappa shape index (κ2) is 6.03. The number of aryl methyl sites for hydroxylation is 2. The molecule has 0 saturated carbocycles. The van der Waals surface area contributed by atoms with Gasteiger partial charge in [-0.1, -0.05) is 17.7 Å². The summed E-state index contributed by atoms with van der Waals surface area (Å²) < 4.78 is 0. The van der Waals surface area contributed by atoms with Crippen molar-refractivity contribution in [2.45, 2.75) is 13.8 Å². The normalized spacial score (nSPS) is 10.3. The Balaban J connectivity index is 2.55. The van der Waals surface area contributed by atoms with Crippen LogP contribution in [-0.4, -0.2) is 11.0 Å². The van der Waals surface area contributed by atoms with Gasteiger partial charge in [-0.2, -0.15) is 0 Å². The molecule has 2 rings (SSSR count). The molecule has 2 N–H and O–H groups in total. The van der Waals surface area contributed by atoms with Crippen molar-refractivity contribution in [2.24, 2.45) is 5.73 Å². The second-order valence-electron chi connectivity index (χ2n) is 4.84. The Bertz CT molecular complexity index is 762. The van der Waals surface area contributed by atoms with E-state index in [-0.39, 0.29) is 10.7 Å². The first-order valence-corrected chi connectivity index (χ1v) is 6.80. The zero-order valence-electron chi connectivity index (χ0n) is 12.0. The standard InChI is InChI=1S/C15H14ClN3O3/c1-9-3-4-11(7-10(9)2)18(15(17)20)14-6-5-12(19(21)22)8-13(14)16/h3-8H,1-2H3,(H2,17,20). The SMILES string of the molecule is Cc1ccc(N(C(N)=O)c2ccc([N+](=O)[O-])cc2Cl)cc1C. The van der Waals surface area contributed by atoms with Crippen LogP contribution in [0.5, 0.6) is 0 Å². The molecule has 0 bridgehead atoms. The number of amides is 2. The predicted octanol–water partition coefficient (Wildman–Crippen LogP) is 4.08. The molecule has 0 aliphatic rings. The highest BCUT2D eigenvalue weighted by molar-refractivity contribution is 6.34. The first kappa shape index (κ1) is 15.8. The van der Waals surface area contributed by atoms with Crippen LogP contribution in [0.2, 0.25) is 5.02 Å². The summed E-state index contributed by atoms with van der Waals surface area (Å²) in [5.41, 5.74) is 8.20. The molecule has 7 heteroatoms. The number of nitrogens with two attached hydrogens (primary N) is 1. The summed E-state index contributed by atoms with van der Waals surface area (Å²) in [5, 5.41) is 10.8. The number of nitrogens with zero attached hydrogens (tertiary/aromatic N) is 2. The van der Waals surface area contributed by atoms with Crippen molar-refractivity contribution < 1.29 is 9.72 Å². The van der Waals surface area contributed by atoms with Crippen LogP contribution in [-0.2, 0) is 0 Å². The van der Waals surface area contributed by atoms with Crippen molar-refractivity contribution >= 4 is 34.7 Å². The highest BCUT2D eigenvalue weighted by atomic mass is 35.5. The van der Waals surface area contributed by atoms with E-state index >= 15 is 0 Å². The van der Waals surface area contributed by atoms with Gasteiger partial charge in [0.15, 0.2) is 0 Å². The molecule has 22 heavy (non-hydrogen) atoms. The second-order valence-corrected chi connectivity index (χ2v) is 5.24. The van der Waals surface area contributed by atoms with E-state index in [0.29, 0.717) is 11.4 Å². The number of non-ortho nitro benzene ring substituents is 1. The molecule has 0 atom stereocenters. The number of halogens is 1. The van der Waals surface area contributed by atoms with Gasteiger partial charge in [-0.05, 0) is 43.2 Å². The summed E-state index contributed by atoms with van der Waals surface area (Å²) in [6, 6.07) is 8.55. The van der Waals surface area contributed by atoms with Crippen LogP contribution in [0.3, 0.4) is 0 Å². The molecule has 0 aliphatic heterocycles. The molecule has 2 amide bonds. The maximum atomic E-state index is 11.8. The number of nitro groups is 1. The van der Waals surface area contributed by atoms with E-state index in [9.17, 15) is 14.9 Å². The molecular formula is C15H14ClN3O3. The summed E-state index contributed by atoms with van der Waals surface area (Å²) in [4.78, 5) is 23.3. The molecule has 0 radical (unpaired) electrons. The maximum Gasteiger partial charge on any atom is 0.323 e. The monoisotopic (exact) mass is 319 g/mol. The van der Waals surface area contributed by atoms with Gasteiger partial charge in [-0.15, -0.1) is 0 Å². The van der Waals surface area contributed by atoms with Crippen molar-refractivity contribution in [3.63, 3.8) is 0 Å². The van der Waals surface area contributed by atoms with Gasteiger partial charge in [0, 0.05) is 12.1 Å². The van der Waals surface area contributed by atoms with E-state index in [1.807, 2.05) is 19.9 Å². The summed E-state index contributed by atoms with van der Waals surface area (Å²) >= 11 is 6.08. The van der Waals surface area contributed by atoms with E-state index in [4.69, 9.17) is 17.3 Å². The highest BCUT2D eigenvalue weighted by Crippen LogP contribution is 2.34. The number of rotatable bonds is 3. The number of primary amides is 1. The number of anilines is 2. The Kier molecular flexibility index (Phi) is 4.32. The number of hydrogen-bond acceptors (Lipinski definition) is 3. The Morgan fingerprint density at radius 2 is 1.86 bits per heavy atom. The molecule has 0 heterocycles. The summed E-state index contributed by atoms with van der Waals surface area (Å²) in [6.07, 6.45) is 0. The lowest BCUT2D eigenvalue weighted by Gasteiger charge is -2.22. The summed E-state index contributed by atoms with van der Waals surface area (Å²) in [6.45, 7) is 3.86. The number of benzene rings is 2. The van der Waals surface area contributed by atoms with Crippen LogP contribution >= 0.6 is 11.6 Å². The number of nitro benzene ring substituents is 1. The van der Waals surface area contributed by atoms with Gasteiger partial charge in [-0.3, -0.25) is 15.0 Å². The minimum atomic E-state index is -0.723. The van der Waals surface area contributed by atoms with Crippen LogP contribution in [0.15, 0.2) is 36.4 Å². The third kappa shape index (κ3) is 3.01. The van der Waals surface area contributed by atoms with Gasteiger partial charge in [0.05, 0.1) is 21.3 Å². The molecule has 0 spiro atoms. The average molecular weight is 320 g/mol. The van der Waals surface area contributed by atoms with E-state index in [1.165, 1.54) is 23.1 Å². The first-order valence-electron chi connectivity index (χ1n) is 6.42. The van der Waals surface area contributed by atoms with E-state index < -0.39 is 11.0 Å². The van der Waals surface area contributed by atoms with Gasteiger partial charge in [0.25, 0.3) is 5.69 Å². The van der Waals surface area contributed by atoms with E-state index in [1.54, 1.807) is 12.1 Å². The lowest BCUT2D eigenvalue weighted by molar-refractivity contribution is -0.384. The largest absolute Gasteiger partial charge is 0.351 e. The van der Waals surface area contributed by atoms with Gasteiger partial charge < -0.3 is 5.73 Å². The Morgan fingerprint density at radius 1 is 1.18 bits per heavy atom. The van der Waals surface area contributed by atoms with Crippen LogP contribution < -0.4 is 10.6 Å².